The Bertz CT molecular complexity index is 528. The van der Waals surface area contributed by atoms with Crippen LogP contribution in [0.3, 0.4) is 0 Å². The molecule has 98 valence electrons. The quantitative estimate of drug-likeness (QED) is 0.833. The normalized spacial score (nSPS) is 11.4. The Morgan fingerprint density at radius 3 is 2.67 bits per heavy atom. The Labute approximate surface area is 107 Å². The van der Waals surface area contributed by atoms with E-state index < -0.39 is 10.0 Å². The first-order chi connectivity index (χ1) is 8.56. The number of aliphatic hydroxyl groups is 1. The lowest BCUT2D eigenvalue weighted by atomic mass is 10.2. The Morgan fingerprint density at radius 1 is 1.39 bits per heavy atom. The number of hydrogen-bond acceptors (Lipinski definition) is 4. The standard InChI is InChI=1S/C12H16N2O3S/c1-2-6-14(7-8-15)18(16,17)12-5-3-4-11(9-12)10-13/h3-5,9,15H,2,6-8H2,1H3. The molecule has 5 nitrogen and oxygen atoms in total. The summed E-state index contributed by atoms with van der Waals surface area (Å²) in [6, 6.07) is 7.79. The average Bonchev–Trinajstić information content (AvgIpc) is 2.38. The Hall–Kier alpha value is -1.42. The van der Waals surface area contributed by atoms with Crippen LogP contribution >= 0.6 is 0 Å². The molecule has 0 spiro atoms. The lowest BCUT2D eigenvalue weighted by molar-refractivity contribution is 0.253. The van der Waals surface area contributed by atoms with Gasteiger partial charge in [0, 0.05) is 13.1 Å². The Morgan fingerprint density at radius 2 is 2.11 bits per heavy atom. The molecule has 0 atom stereocenters. The Balaban J connectivity index is 3.13. The minimum absolute atomic E-state index is 0.0625. The summed E-state index contributed by atoms with van der Waals surface area (Å²) in [7, 11) is -3.64. The first-order valence-electron chi connectivity index (χ1n) is 5.67. The molecule has 18 heavy (non-hydrogen) atoms. The maximum absolute atomic E-state index is 12.3. The van der Waals surface area contributed by atoms with Gasteiger partial charge in [0.2, 0.25) is 10.0 Å². The SMILES string of the molecule is CCCN(CCO)S(=O)(=O)c1cccc(C#N)c1. The minimum Gasteiger partial charge on any atom is -0.395 e. The van der Waals surface area contributed by atoms with E-state index in [1.54, 1.807) is 6.07 Å². The molecular formula is C12H16N2O3S. The van der Waals surface area contributed by atoms with E-state index in [1.807, 2.05) is 13.0 Å². The third-order valence-electron chi connectivity index (χ3n) is 2.42. The number of nitriles is 1. The van der Waals surface area contributed by atoms with E-state index in [2.05, 4.69) is 0 Å². The van der Waals surface area contributed by atoms with Crippen LogP contribution in [-0.2, 0) is 10.0 Å². The monoisotopic (exact) mass is 268 g/mol. The highest BCUT2D eigenvalue weighted by atomic mass is 32.2. The van der Waals surface area contributed by atoms with E-state index in [0.717, 1.165) is 0 Å². The van der Waals surface area contributed by atoms with Gasteiger partial charge < -0.3 is 5.11 Å². The van der Waals surface area contributed by atoms with Crippen LogP contribution in [0.5, 0.6) is 0 Å². The van der Waals surface area contributed by atoms with Crippen molar-refractivity contribution in [2.75, 3.05) is 19.7 Å². The maximum atomic E-state index is 12.3. The molecule has 0 aliphatic heterocycles. The molecule has 1 aromatic carbocycles. The molecule has 0 unspecified atom stereocenters. The molecule has 0 saturated heterocycles. The highest BCUT2D eigenvalue weighted by molar-refractivity contribution is 7.89. The van der Waals surface area contributed by atoms with Gasteiger partial charge in [-0.3, -0.25) is 0 Å². The maximum Gasteiger partial charge on any atom is 0.243 e. The fourth-order valence-electron chi connectivity index (χ4n) is 1.59. The molecule has 0 fully saturated rings. The van der Waals surface area contributed by atoms with Crippen LogP contribution in [-0.4, -0.2) is 37.5 Å². The molecule has 1 aromatic rings. The van der Waals surface area contributed by atoms with Crippen molar-refractivity contribution in [2.24, 2.45) is 0 Å². The van der Waals surface area contributed by atoms with Crippen molar-refractivity contribution in [3.8, 4) is 6.07 Å². The predicted octanol–water partition coefficient (Wildman–Crippen LogP) is 0.951. The molecule has 0 aliphatic rings. The second-order valence-corrected chi connectivity index (χ2v) is 5.71. The van der Waals surface area contributed by atoms with Gasteiger partial charge in [-0.05, 0) is 24.6 Å². The number of aliphatic hydroxyl groups excluding tert-OH is 1. The summed E-state index contributed by atoms with van der Waals surface area (Å²) in [5.41, 5.74) is 0.302. The topological polar surface area (TPSA) is 81.4 Å². The predicted molar refractivity (Wildman–Crippen MR) is 67.3 cm³/mol. The zero-order chi connectivity index (χ0) is 13.6. The van der Waals surface area contributed by atoms with E-state index >= 15 is 0 Å². The summed E-state index contributed by atoms with van der Waals surface area (Å²) in [5, 5.41) is 17.7. The van der Waals surface area contributed by atoms with Crippen molar-refractivity contribution >= 4 is 10.0 Å². The highest BCUT2D eigenvalue weighted by Gasteiger charge is 2.23. The number of nitrogens with zero attached hydrogens (tertiary/aromatic N) is 2. The van der Waals surface area contributed by atoms with Gasteiger partial charge in [0.05, 0.1) is 23.1 Å². The van der Waals surface area contributed by atoms with E-state index in [4.69, 9.17) is 10.4 Å². The minimum atomic E-state index is -3.64. The van der Waals surface area contributed by atoms with Crippen LogP contribution in [0, 0.1) is 11.3 Å². The van der Waals surface area contributed by atoms with Crippen molar-refractivity contribution < 1.29 is 13.5 Å². The summed E-state index contributed by atoms with van der Waals surface area (Å²) in [6.07, 6.45) is 0.664. The van der Waals surface area contributed by atoms with Crippen molar-refractivity contribution in [3.63, 3.8) is 0 Å². The summed E-state index contributed by atoms with van der Waals surface area (Å²) in [6.45, 7) is 2.05. The van der Waals surface area contributed by atoms with E-state index in [-0.39, 0.29) is 18.0 Å². The van der Waals surface area contributed by atoms with Crippen LogP contribution in [0.2, 0.25) is 0 Å². The number of sulfonamides is 1. The lowest BCUT2D eigenvalue weighted by Crippen LogP contribution is -2.34. The van der Waals surface area contributed by atoms with E-state index in [0.29, 0.717) is 18.5 Å². The molecule has 0 saturated carbocycles. The van der Waals surface area contributed by atoms with Crippen LogP contribution in [0.25, 0.3) is 0 Å². The molecule has 1 N–H and O–H groups in total. The fraction of sp³-hybridized carbons (Fsp3) is 0.417. The van der Waals surface area contributed by atoms with Gasteiger partial charge in [-0.2, -0.15) is 9.57 Å². The number of rotatable bonds is 6. The molecule has 0 amide bonds. The molecule has 0 aliphatic carbocycles. The summed E-state index contributed by atoms with van der Waals surface area (Å²) in [4.78, 5) is 0.0865. The lowest BCUT2D eigenvalue weighted by Gasteiger charge is -2.20. The zero-order valence-corrected chi connectivity index (χ0v) is 11.0. The van der Waals surface area contributed by atoms with E-state index in [1.165, 1.54) is 22.5 Å². The van der Waals surface area contributed by atoms with Crippen LogP contribution in [0.1, 0.15) is 18.9 Å². The van der Waals surface area contributed by atoms with Gasteiger partial charge in [0.25, 0.3) is 0 Å². The molecule has 1 rings (SSSR count). The molecular weight excluding hydrogens is 252 g/mol. The summed E-state index contributed by atoms with van der Waals surface area (Å²) >= 11 is 0. The van der Waals surface area contributed by atoms with Gasteiger partial charge in [-0.15, -0.1) is 0 Å². The van der Waals surface area contributed by atoms with Gasteiger partial charge in [0.15, 0.2) is 0 Å². The summed E-state index contributed by atoms with van der Waals surface area (Å²) in [5.74, 6) is 0. The third-order valence-corrected chi connectivity index (χ3v) is 4.32. The molecule has 0 heterocycles. The smallest absolute Gasteiger partial charge is 0.243 e. The number of benzene rings is 1. The average molecular weight is 268 g/mol. The van der Waals surface area contributed by atoms with Crippen molar-refractivity contribution in [2.45, 2.75) is 18.2 Å². The van der Waals surface area contributed by atoms with Gasteiger partial charge >= 0.3 is 0 Å². The van der Waals surface area contributed by atoms with Crippen LogP contribution in [0.4, 0.5) is 0 Å². The number of hydrogen-bond donors (Lipinski definition) is 1. The molecule has 0 aromatic heterocycles. The first kappa shape index (κ1) is 14.6. The third kappa shape index (κ3) is 3.29. The van der Waals surface area contributed by atoms with Gasteiger partial charge in [-0.1, -0.05) is 13.0 Å². The molecule has 0 bridgehead atoms. The zero-order valence-electron chi connectivity index (χ0n) is 10.2. The fourth-order valence-corrected chi connectivity index (χ4v) is 3.16. The largest absolute Gasteiger partial charge is 0.395 e. The molecule has 6 heteroatoms. The van der Waals surface area contributed by atoms with Crippen molar-refractivity contribution in [1.29, 1.82) is 5.26 Å². The van der Waals surface area contributed by atoms with Crippen LogP contribution < -0.4 is 0 Å². The van der Waals surface area contributed by atoms with Crippen molar-refractivity contribution in [3.05, 3.63) is 29.8 Å². The Kier molecular flexibility index (Phi) is 5.28. The van der Waals surface area contributed by atoms with Gasteiger partial charge in [0.1, 0.15) is 0 Å². The summed E-state index contributed by atoms with van der Waals surface area (Å²) < 4.78 is 25.8. The van der Waals surface area contributed by atoms with Crippen molar-refractivity contribution in [1.82, 2.24) is 4.31 Å². The first-order valence-corrected chi connectivity index (χ1v) is 7.11. The molecule has 0 radical (unpaired) electrons. The second kappa shape index (κ2) is 6.50. The van der Waals surface area contributed by atoms with Crippen LogP contribution in [0.15, 0.2) is 29.2 Å². The van der Waals surface area contributed by atoms with E-state index in [9.17, 15) is 8.42 Å². The second-order valence-electron chi connectivity index (χ2n) is 3.77. The highest BCUT2D eigenvalue weighted by Crippen LogP contribution is 2.17. The van der Waals surface area contributed by atoms with Gasteiger partial charge in [-0.25, -0.2) is 8.42 Å².